The Labute approximate surface area is 218 Å². The van der Waals surface area contributed by atoms with E-state index in [1.165, 1.54) is 0 Å². The highest BCUT2D eigenvalue weighted by atomic mass is 32.1. The van der Waals surface area contributed by atoms with Crippen molar-refractivity contribution in [2.75, 3.05) is 0 Å². The standard InChI is InChI=1S/C28H27N5O3S/c1-5-21(28(35)36)25-26-32-31-17(4)33(26)27-23(15(2)16(3)37-27)24(30-25)20-8-6-18(7-9-20)14-22(34)19-10-12-29-13-11-19/h6-13,21,25H,5,14H2,1-4H3,(H,35,36)/t21-,25?/m0/s1. The number of carboxylic acid groups (broad SMARTS) is 1. The Kier molecular flexibility index (Phi) is 6.55. The van der Waals surface area contributed by atoms with E-state index in [0.29, 0.717) is 23.6 Å². The number of ketones is 1. The second kappa shape index (κ2) is 9.82. The first-order valence-electron chi connectivity index (χ1n) is 12.2. The molecule has 0 fully saturated rings. The number of pyridine rings is 1. The average Bonchev–Trinajstić information content (AvgIpc) is 3.36. The van der Waals surface area contributed by atoms with Crippen molar-refractivity contribution in [2.24, 2.45) is 10.9 Å². The van der Waals surface area contributed by atoms with Gasteiger partial charge in [-0.15, -0.1) is 21.5 Å². The van der Waals surface area contributed by atoms with Crippen molar-refractivity contribution in [2.45, 2.75) is 46.6 Å². The quantitative estimate of drug-likeness (QED) is 0.345. The van der Waals surface area contributed by atoms with Crippen LogP contribution in [0, 0.1) is 26.7 Å². The molecule has 1 aliphatic rings. The molecule has 2 atom stereocenters. The van der Waals surface area contributed by atoms with Gasteiger partial charge >= 0.3 is 5.97 Å². The van der Waals surface area contributed by atoms with Gasteiger partial charge in [0.1, 0.15) is 16.9 Å². The van der Waals surface area contributed by atoms with E-state index in [2.05, 4.69) is 29.0 Å². The van der Waals surface area contributed by atoms with Crippen LogP contribution in [0.4, 0.5) is 0 Å². The third kappa shape index (κ3) is 4.40. The Morgan fingerprint density at radius 2 is 1.76 bits per heavy atom. The Bertz CT molecular complexity index is 1520. The minimum absolute atomic E-state index is 0.0225. The second-order valence-corrected chi connectivity index (χ2v) is 10.4. The van der Waals surface area contributed by atoms with E-state index in [1.54, 1.807) is 35.9 Å². The fraction of sp³-hybridized carbons (Fsp3) is 0.286. The molecule has 1 aromatic carbocycles. The Morgan fingerprint density at radius 3 is 2.41 bits per heavy atom. The van der Waals surface area contributed by atoms with E-state index >= 15 is 0 Å². The van der Waals surface area contributed by atoms with E-state index in [4.69, 9.17) is 4.99 Å². The van der Waals surface area contributed by atoms with Gasteiger partial charge in [-0.1, -0.05) is 31.2 Å². The summed E-state index contributed by atoms with van der Waals surface area (Å²) in [6.45, 7) is 7.87. The van der Waals surface area contributed by atoms with Gasteiger partial charge in [0.25, 0.3) is 0 Å². The maximum Gasteiger partial charge on any atom is 0.309 e. The number of hydrogen-bond acceptors (Lipinski definition) is 7. The fourth-order valence-electron chi connectivity index (χ4n) is 4.76. The molecule has 9 heteroatoms. The van der Waals surface area contributed by atoms with Gasteiger partial charge in [-0.3, -0.25) is 24.1 Å². The topological polar surface area (TPSA) is 110 Å². The second-order valence-electron chi connectivity index (χ2n) is 9.21. The molecule has 3 aromatic heterocycles. The molecule has 1 unspecified atom stereocenters. The lowest BCUT2D eigenvalue weighted by atomic mass is 9.95. The van der Waals surface area contributed by atoms with Crippen molar-refractivity contribution in [1.82, 2.24) is 19.7 Å². The predicted octanol–water partition coefficient (Wildman–Crippen LogP) is 5.08. The third-order valence-electron chi connectivity index (χ3n) is 6.92. The summed E-state index contributed by atoms with van der Waals surface area (Å²) in [5.41, 5.74) is 5.18. The highest BCUT2D eigenvalue weighted by Gasteiger charge is 2.37. The van der Waals surface area contributed by atoms with Crippen LogP contribution >= 0.6 is 11.3 Å². The molecule has 0 spiro atoms. The summed E-state index contributed by atoms with van der Waals surface area (Å²) in [4.78, 5) is 35.1. The molecule has 0 radical (unpaired) electrons. The summed E-state index contributed by atoms with van der Waals surface area (Å²) in [6.07, 6.45) is 3.91. The predicted molar refractivity (Wildman–Crippen MR) is 142 cm³/mol. The van der Waals surface area contributed by atoms with E-state index in [1.807, 2.05) is 42.7 Å². The zero-order valence-corrected chi connectivity index (χ0v) is 21.9. The molecule has 0 bridgehead atoms. The number of carboxylic acids is 1. The van der Waals surface area contributed by atoms with Gasteiger partial charge in [0.2, 0.25) is 0 Å². The van der Waals surface area contributed by atoms with E-state index in [9.17, 15) is 14.7 Å². The number of carbonyl (C=O) groups excluding carboxylic acids is 1. The summed E-state index contributed by atoms with van der Waals surface area (Å²) in [5, 5.41) is 19.7. The number of nitrogens with zero attached hydrogens (tertiary/aromatic N) is 5. The van der Waals surface area contributed by atoms with Crippen LogP contribution in [-0.4, -0.2) is 42.3 Å². The van der Waals surface area contributed by atoms with Crippen LogP contribution in [0.5, 0.6) is 0 Å². The van der Waals surface area contributed by atoms with Crippen LogP contribution in [0.2, 0.25) is 0 Å². The number of carbonyl (C=O) groups is 2. The molecular weight excluding hydrogens is 486 g/mol. The lowest BCUT2D eigenvalue weighted by molar-refractivity contribution is -0.142. The zero-order chi connectivity index (χ0) is 26.3. The van der Waals surface area contributed by atoms with Crippen LogP contribution < -0.4 is 0 Å². The number of thiophene rings is 1. The summed E-state index contributed by atoms with van der Waals surface area (Å²) in [5.74, 6) is -0.391. The molecule has 4 aromatic rings. The van der Waals surface area contributed by atoms with Crippen molar-refractivity contribution in [1.29, 1.82) is 0 Å². The lowest BCUT2D eigenvalue weighted by Gasteiger charge is -2.18. The number of hydrogen-bond donors (Lipinski definition) is 1. The molecule has 5 rings (SSSR count). The smallest absolute Gasteiger partial charge is 0.309 e. The monoisotopic (exact) mass is 513 g/mol. The van der Waals surface area contributed by atoms with Crippen molar-refractivity contribution >= 4 is 28.8 Å². The largest absolute Gasteiger partial charge is 0.481 e. The number of Topliss-reactive ketones (excluding diaryl/α,β-unsaturated/α-hetero) is 1. The maximum absolute atomic E-state index is 12.7. The molecular formula is C28H27N5O3S. The molecule has 0 aliphatic carbocycles. The SMILES string of the molecule is CC[C@H](C(=O)O)C1N=C(c2ccc(CC(=O)c3ccncc3)cc2)c2c(sc(C)c2C)-n2c(C)nnc21. The molecule has 0 saturated carbocycles. The van der Waals surface area contributed by atoms with Gasteiger partial charge in [0.15, 0.2) is 11.6 Å². The Hall–Kier alpha value is -3.98. The Morgan fingerprint density at radius 1 is 1.05 bits per heavy atom. The van der Waals surface area contributed by atoms with Crippen molar-refractivity contribution in [3.8, 4) is 5.00 Å². The minimum Gasteiger partial charge on any atom is -0.481 e. The first-order chi connectivity index (χ1) is 17.8. The van der Waals surface area contributed by atoms with Crippen molar-refractivity contribution in [3.63, 3.8) is 0 Å². The van der Waals surface area contributed by atoms with Gasteiger partial charge < -0.3 is 5.11 Å². The number of aryl methyl sites for hydroxylation is 2. The van der Waals surface area contributed by atoms with Gasteiger partial charge in [0, 0.05) is 40.4 Å². The van der Waals surface area contributed by atoms with E-state index < -0.39 is 17.9 Å². The minimum atomic E-state index is -0.911. The lowest BCUT2D eigenvalue weighted by Crippen LogP contribution is -2.23. The molecule has 188 valence electrons. The zero-order valence-electron chi connectivity index (χ0n) is 21.1. The van der Waals surface area contributed by atoms with Gasteiger partial charge in [-0.25, -0.2) is 0 Å². The summed E-state index contributed by atoms with van der Waals surface area (Å²) in [6, 6.07) is 10.5. The molecule has 4 heterocycles. The first-order valence-corrected chi connectivity index (χ1v) is 13.0. The third-order valence-corrected chi connectivity index (χ3v) is 8.11. The summed E-state index contributed by atoms with van der Waals surface area (Å²) < 4.78 is 1.97. The number of aliphatic imine (C=N–C) groups is 1. The number of rotatable bonds is 7. The normalized spacial score (nSPS) is 15.4. The first kappa shape index (κ1) is 24.7. The molecule has 1 N–H and O–H groups in total. The van der Waals surface area contributed by atoms with Crippen molar-refractivity contribution in [3.05, 3.63) is 93.1 Å². The van der Waals surface area contributed by atoms with Crippen LogP contribution in [-0.2, 0) is 11.2 Å². The summed E-state index contributed by atoms with van der Waals surface area (Å²) in [7, 11) is 0. The van der Waals surface area contributed by atoms with E-state index in [-0.39, 0.29) is 12.2 Å². The van der Waals surface area contributed by atoms with E-state index in [0.717, 1.165) is 37.8 Å². The summed E-state index contributed by atoms with van der Waals surface area (Å²) >= 11 is 1.63. The molecule has 37 heavy (non-hydrogen) atoms. The number of aliphatic carboxylic acids is 1. The number of fused-ring (bicyclic) bond motifs is 3. The molecule has 8 nitrogen and oxygen atoms in total. The van der Waals surface area contributed by atoms with Crippen LogP contribution in [0.3, 0.4) is 0 Å². The van der Waals surface area contributed by atoms with Crippen LogP contribution in [0.1, 0.15) is 68.5 Å². The fourth-order valence-corrected chi connectivity index (χ4v) is 5.97. The average molecular weight is 514 g/mol. The van der Waals surface area contributed by atoms with Crippen molar-refractivity contribution < 1.29 is 14.7 Å². The van der Waals surface area contributed by atoms with Crippen LogP contribution in [0.25, 0.3) is 5.00 Å². The molecule has 0 saturated heterocycles. The molecule has 1 aliphatic heterocycles. The van der Waals surface area contributed by atoms with Gasteiger partial charge in [0.05, 0.1) is 11.6 Å². The van der Waals surface area contributed by atoms with Gasteiger partial charge in [-0.05, 0) is 50.5 Å². The maximum atomic E-state index is 12.7. The highest BCUT2D eigenvalue weighted by molar-refractivity contribution is 7.15. The molecule has 0 amide bonds. The highest BCUT2D eigenvalue weighted by Crippen LogP contribution is 2.41. The number of aromatic nitrogens is 4. The van der Waals surface area contributed by atoms with Crippen LogP contribution in [0.15, 0.2) is 53.8 Å². The number of benzene rings is 1. The Balaban J connectivity index is 1.61. The van der Waals surface area contributed by atoms with Gasteiger partial charge in [-0.2, -0.15) is 0 Å².